The minimum absolute atomic E-state index is 0.152. The number of nitrogens with zero attached hydrogens (tertiary/aromatic N) is 1. The number of carbonyl (C=O) groups excluding carboxylic acids is 1. The molecule has 64 valence electrons. The van der Waals surface area contributed by atoms with Gasteiger partial charge >= 0.3 is 0 Å². The molecule has 1 aromatic rings. The van der Waals surface area contributed by atoms with Crippen LogP contribution in [0.3, 0.4) is 0 Å². The topological polar surface area (TPSA) is 40.9 Å². The van der Waals surface area contributed by atoms with Crippen molar-refractivity contribution in [2.24, 2.45) is 0 Å². The van der Waals surface area contributed by atoms with E-state index in [1.54, 1.807) is 12.1 Å². The number of benzene rings is 1. The van der Waals surface area contributed by atoms with Crippen LogP contribution in [0.25, 0.3) is 0 Å². The molecule has 0 aromatic heterocycles. The van der Waals surface area contributed by atoms with Crippen molar-refractivity contribution < 1.29 is 4.79 Å². The third kappa shape index (κ3) is 1.18. The molecule has 0 spiro atoms. The molecule has 0 amide bonds. The summed E-state index contributed by atoms with van der Waals surface area (Å²) in [6, 6.07) is 5.67. The van der Waals surface area contributed by atoms with Gasteiger partial charge in [0.2, 0.25) is 0 Å². The van der Waals surface area contributed by atoms with Gasteiger partial charge in [0.15, 0.2) is 5.78 Å². The fourth-order valence-corrected chi connectivity index (χ4v) is 2.09. The Morgan fingerprint density at radius 3 is 2.85 bits per heavy atom. The quantitative estimate of drug-likeness (QED) is 0.694. The number of hydrogen-bond acceptors (Lipinski definition) is 2. The van der Waals surface area contributed by atoms with Crippen molar-refractivity contribution in [3.63, 3.8) is 0 Å². The van der Waals surface area contributed by atoms with Gasteiger partial charge in [0.1, 0.15) is 6.07 Å². The van der Waals surface area contributed by atoms with Gasteiger partial charge in [-0.15, -0.1) is 0 Å². The summed E-state index contributed by atoms with van der Waals surface area (Å²) in [5, 5.41) is 8.88. The van der Waals surface area contributed by atoms with Gasteiger partial charge in [0.25, 0.3) is 0 Å². The van der Waals surface area contributed by atoms with E-state index in [1.807, 2.05) is 0 Å². The molecule has 1 aromatic carbocycles. The van der Waals surface area contributed by atoms with E-state index in [-0.39, 0.29) is 5.78 Å². The molecule has 2 rings (SSSR count). The molecule has 0 saturated heterocycles. The number of Topliss-reactive ketones (excluding diaryl/α,β-unsaturated/α-hetero) is 1. The fourth-order valence-electron chi connectivity index (χ4n) is 1.63. The number of halogens is 1. The smallest absolute Gasteiger partial charge is 0.163 e. The largest absolute Gasteiger partial charge is 0.294 e. The molecule has 2 nitrogen and oxygen atoms in total. The number of ketones is 1. The standard InChI is InChI=1S/C10H6BrNO/c11-9-3-1-7-6(8(9)5-12)2-4-10(7)13/h1,3H,2,4H2. The molecule has 1 aliphatic rings. The Morgan fingerprint density at radius 1 is 1.38 bits per heavy atom. The molecule has 0 unspecified atom stereocenters. The van der Waals surface area contributed by atoms with Gasteiger partial charge in [0, 0.05) is 16.5 Å². The SMILES string of the molecule is N#Cc1c(Br)ccc2c1CCC2=O. The van der Waals surface area contributed by atoms with E-state index < -0.39 is 0 Å². The lowest BCUT2D eigenvalue weighted by molar-refractivity contribution is 0.0994. The molecule has 1 aliphatic carbocycles. The van der Waals surface area contributed by atoms with Crippen molar-refractivity contribution in [1.82, 2.24) is 0 Å². The molecule has 0 atom stereocenters. The summed E-state index contributed by atoms with van der Waals surface area (Å²) in [7, 11) is 0. The maximum atomic E-state index is 11.3. The summed E-state index contributed by atoms with van der Waals surface area (Å²) < 4.78 is 0.781. The Bertz CT molecular complexity index is 431. The van der Waals surface area contributed by atoms with Crippen LogP contribution in [0.2, 0.25) is 0 Å². The van der Waals surface area contributed by atoms with Crippen LogP contribution in [0.15, 0.2) is 16.6 Å². The van der Waals surface area contributed by atoms with Gasteiger partial charge in [-0.25, -0.2) is 0 Å². The lowest BCUT2D eigenvalue weighted by Gasteiger charge is -2.01. The van der Waals surface area contributed by atoms with Crippen LogP contribution >= 0.6 is 15.9 Å². The molecule has 0 radical (unpaired) electrons. The van der Waals surface area contributed by atoms with Crippen LogP contribution in [0.5, 0.6) is 0 Å². The predicted octanol–water partition coefficient (Wildman–Crippen LogP) is 2.45. The van der Waals surface area contributed by atoms with E-state index in [9.17, 15) is 4.79 Å². The van der Waals surface area contributed by atoms with Gasteiger partial charge in [-0.2, -0.15) is 5.26 Å². The summed E-state index contributed by atoms with van der Waals surface area (Å²) in [4.78, 5) is 11.3. The van der Waals surface area contributed by atoms with Crippen molar-refractivity contribution in [1.29, 1.82) is 5.26 Å². The van der Waals surface area contributed by atoms with Crippen LogP contribution in [-0.4, -0.2) is 5.78 Å². The maximum Gasteiger partial charge on any atom is 0.163 e. The highest BCUT2D eigenvalue weighted by Gasteiger charge is 2.23. The Kier molecular flexibility index (Phi) is 1.93. The first-order valence-corrected chi connectivity index (χ1v) is 4.78. The first kappa shape index (κ1) is 8.46. The second kappa shape index (κ2) is 2.97. The van der Waals surface area contributed by atoms with Gasteiger partial charge in [-0.3, -0.25) is 4.79 Å². The van der Waals surface area contributed by atoms with E-state index in [1.165, 1.54) is 0 Å². The molecule has 0 aliphatic heterocycles. The van der Waals surface area contributed by atoms with Crippen molar-refractivity contribution in [2.45, 2.75) is 12.8 Å². The second-order valence-electron chi connectivity index (χ2n) is 2.98. The highest BCUT2D eigenvalue weighted by Crippen LogP contribution is 2.29. The minimum Gasteiger partial charge on any atom is -0.294 e. The fraction of sp³-hybridized carbons (Fsp3) is 0.200. The summed E-state index contributed by atoms with van der Waals surface area (Å²) >= 11 is 3.30. The van der Waals surface area contributed by atoms with Crippen LogP contribution in [0, 0.1) is 11.3 Å². The zero-order chi connectivity index (χ0) is 9.42. The van der Waals surface area contributed by atoms with Crippen molar-refractivity contribution in [2.75, 3.05) is 0 Å². The van der Waals surface area contributed by atoms with E-state index in [2.05, 4.69) is 22.0 Å². The van der Waals surface area contributed by atoms with E-state index in [0.29, 0.717) is 18.4 Å². The average molecular weight is 236 g/mol. The lowest BCUT2D eigenvalue weighted by Crippen LogP contribution is -1.93. The van der Waals surface area contributed by atoms with Crippen LogP contribution in [0.4, 0.5) is 0 Å². The van der Waals surface area contributed by atoms with Gasteiger partial charge < -0.3 is 0 Å². The second-order valence-corrected chi connectivity index (χ2v) is 3.84. The van der Waals surface area contributed by atoms with E-state index >= 15 is 0 Å². The van der Waals surface area contributed by atoms with Crippen molar-refractivity contribution >= 4 is 21.7 Å². The van der Waals surface area contributed by atoms with Gasteiger partial charge in [-0.05, 0) is 40.0 Å². The van der Waals surface area contributed by atoms with Crippen molar-refractivity contribution in [3.05, 3.63) is 33.3 Å². The first-order valence-electron chi connectivity index (χ1n) is 3.98. The molecule has 0 N–H and O–H groups in total. The summed E-state index contributed by atoms with van der Waals surface area (Å²) in [6.07, 6.45) is 1.25. The molecule has 0 saturated carbocycles. The minimum atomic E-state index is 0.152. The van der Waals surface area contributed by atoms with Crippen molar-refractivity contribution in [3.8, 4) is 6.07 Å². The zero-order valence-corrected chi connectivity index (χ0v) is 8.39. The summed E-state index contributed by atoms with van der Waals surface area (Å²) in [5.74, 6) is 0.152. The zero-order valence-electron chi connectivity index (χ0n) is 6.80. The maximum absolute atomic E-state index is 11.3. The Labute approximate surface area is 84.3 Å². The number of fused-ring (bicyclic) bond motifs is 1. The number of carbonyl (C=O) groups is 1. The molecule has 13 heavy (non-hydrogen) atoms. The molecular weight excluding hydrogens is 230 g/mol. The first-order chi connectivity index (χ1) is 6.24. The Morgan fingerprint density at radius 2 is 2.15 bits per heavy atom. The Hall–Kier alpha value is -1.14. The molecular formula is C10H6BrNO. The summed E-state index contributed by atoms with van der Waals surface area (Å²) in [6.45, 7) is 0. The highest BCUT2D eigenvalue weighted by atomic mass is 79.9. The van der Waals surface area contributed by atoms with Gasteiger partial charge in [0.05, 0.1) is 5.56 Å². The highest BCUT2D eigenvalue weighted by molar-refractivity contribution is 9.10. The van der Waals surface area contributed by atoms with E-state index in [0.717, 1.165) is 15.6 Å². The monoisotopic (exact) mass is 235 g/mol. The number of hydrogen-bond donors (Lipinski definition) is 0. The van der Waals surface area contributed by atoms with Crippen LogP contribution < -0.4 is 0 Å². The van der Waals surface area contributed by atoms with Crippen LogP contribution in [0.1, 0.15) is 27.9 Å². The summed E-state index contributed by atoms with van der Waals surface area (Å²) in [5.41, 5.74) is 2.24. The van der Waals surface area contributed by atoms with Crippen LogP contribution in [-0.2, 0) is 6.42 Å². The number of rotatable bonds is 0. The molecule has 0 heterocycles. The average Bonchev–Trinajstić information content (AvgIpc) is 2.48. The number of nitriles is 1. The normalized spacial score (nSPS) is 14.0. The molecule has 3 heteroatoms. The predicted molar refractivity (Wildman–Crippen MR) is 51.5 cm³/mol. The third-order valence-corrected chi connectivity index (χ3v) is 2.94. The van der Waals surface area contributed by atoms with E-state index in [4.69, 9.17) is 5.26 Å². The lowest BCUT2D eigenvalue weighted by atomic mass is 10.0. The molecule has 0 bridgehead atoms. The van der Waals surface area contributed by atoms with Gasteiger partial charge in [-0.1, -0.05) is 0 Å². The third-order valence-electron chi connectivity index (χ3n) is 2.28. The molecule has 0 fully saturated rings. The Balaban J connectivity index is 2.73.